The molecule has 0 aromatic heterocycles. The summed E-state index contributed by atoms with van der Waals surface area (Å²) < 4.78 is 13.5. The molecule has 0 saturated heterocycles. The van der Waals surface area contributed by atoms with Crippen LogP contribution >= 0.6 is 0 Å². The first kappa shape index (κ1) is 15.0. The minimum Gasteiger partial charge on any atom is -0.399 e. The Morgan fingerprint density at radius 1 is 1.14 bits per heavy atom. The summed E-state index contributed by atoms with van der Waals surface area (Å²) >= 11 is 0. The summed E-state index contributed by atoms with van der Waals surface area (Å²) in [6, 6.07) is 14.2. The lowest BCUT2D eigenvalue weighted by molar-refractivity contribution is 0.271. The Hall–Kier alpha value is -2.38. The molecule has 0 unspecified atom stereocenters. The lowest BCUT2D eigenvalue weighted by Crippen LogP contribution is -2.22. The van der Waals surface area contributed by atoms with Gasteiger partial charge in [0.2, 0.25) is 0 Å². The highest BCUT2D eigenvalue weighted by molar-refractivity contribution is 5.40. The molecular formula is C17H18FN3. The number of halogens is 1. The molecule has 0 amide bonds. The predicted octanol–water partition coefficient (Wildman–Crippen LogP) is 3.30. The fourth-order valence-electron chi connectivity index (χ4n) is 2.29. The van der Waals surface area contributed by atoms with Crippen LogP contribution in [0.1, 0.15) is 23.6 Å². The van der Waals surface area contributed by atoms with Gasteiger partial charge in [0.05, 0.1) is 11.6 Å². The van der Waals surface area contributed by atoms with Gasteiger partial charge < -0.3 is 5.73 Å². The van der Waals surface area contributed by atoms with E-state index in [-0.39, 0.29) is 5.82 Å². The number of rotatable bonds is 5. The highest BCUT2D eigenvalue weighted by Gasteiger charge is 2.07. The van der Waals surface area contributed by atoms with E-state index in [2.05, 4.69) is 11.8 Å². The number of nitrogen functional groups attached to an aromatic ring is 1. The van der Waals surface area contributed by atoms with Crippen LogP contribution in [-0.4, -0.2) is 11.4 Å². The van der Waals surface area contributed by atoms with Gasteiger partial charge in [0.1, 0.15) is 5.82 Å². The van der Waals surface area contributed by atoms with Gasteiger partial charge in [-0.1, -0.05) is 19.1 Å². The van der Waals surface area contributed by atoms with Gasteiger partial charge in [-0.05, 0) is 48.0 Å². The minimum absolute atomic E-state index is 0.352. The number of hydrogen-bond donors (Lipinski definition) is 1. The first-order chi connectivity index (χ1) is 10.1. The third-order valence-corrected chi connectivity index (χ3v) is 3.30. The molecule has 4 heteroatoms. The summed E-state index contributed by atoms with van der Waals surface area (Å²) in [5.74, 6) is -0.371. The quantitative estimate of drug-likeness (QED) is 0.857. The number of nitrogens with two attached hydrogens (primary N) is 1. The zero-order chi connectivity index (χ0) is 15.2. The van der Waals surface area contributed by atoms with Gasteiger partial charge in [-0.3, -0.25) is 4.90 Å². The van der Waals surface area contributed by atoms with Crippen molar-refractivity contribution in [2.45, 2.75) is 20.0 Å². The van der Waals surface area contributed by atoms with Crippen molar-refractivity contribution in [2.24, 2.45) is 0 Å². The Morgan fingerprint density at radius 3 is 2.57 bits per heavy atom. The van der Waals surface area contributed by atoms with Gasteiger partial charge in [0.25, 0.3) is 0 Å². The second-order valence-corrected chi connectivity index (χ2v) is 5.01. The molecule has 108 valence electrons. The molecule has 2 aromatic rings. The SMILES string of the molecule is CCN(Cc1cccc(N)c1)Cc1cc(F)cc(C#N)c1. The number of nitrogens with zero attached hydrogens (tertiary/aromatic N) is 2. The van der Waals surface area contributed by atoms with Crippen LogP contribution in [-0.2, 0) is 13.1 Å². The molecule has 0 fully saturated rings. The van der Waals surface area contributed by atoms with Crippen LogP contribution < -0.4 is 5.73 Å². The molecule has 0 atom stereocenters. The fraction of sp³-hybridized carbons (Fsp3) is 0.235. The van der Waals surface area contributed by atoms with E-state index in [1.54, 1.807) is 6.07 Å². The zero-order valence-corrected chi connectivity index (χ0v) is 12.0. The Kier molecular flexibility index (Phi) is 4.91. The van der Waals surface area contributed by atoms with Gasteiger partial charge in [0.15, 0.2) is 0 Å². The van der Waals surface area contributed by atoms with Crippen molar-refractivity contribution in [3.05, 3.63) is 65.0 Å². The Balaban J connectivity index is 2.12. The van der Waals surface area contributed by atoms with Gasteiger partial charge in [-0.25, -0.2) is 4.39 Å². The predicted molar refractivity (Wildman–Crippen MR) is 81.8 cm³/mol. The summed E-state index contributed by atoms with van der Waals surface area (Å²) in [4.78, 5) is 2.17. The van der Waals surface area contributed by atoms with Crippen molar-refractivity contribution in [1.29, 1.82) is 5.26 Å². The molecule has 0 radical (unpaired) electrons. The molecule has 0 bridgehead atoms. The van der Waals surface area contributed by atoms with Crippen LogP contribution in [0.2, 0.25) is 0 Å². The maximum absolute atomic E-state index is 13.5. The molecular weight excluding hydrogens is 265 g/mol. The largest absolute Gasteiger partial charge is 0.399 e. The molecule has 21 heavy (non-hydrogen) atoms. The second kappa shape index (κ2) is 6.87. The van der Waals surface area contributed by atoms with Crippen LogP contribution in [0.3, 0.4) is 0 Å². The van der Waals surface area contributed by atoms with Crippen molar-refractivity contribution in [3.63, 3.8) is 0 Å². The van der Waals surface area contributed by atoms with E-state index >= 15 is 0 Å². The molecule has 0 aliphatic rings. The van der Waals surface area contributed by atoms with Gasteiger partial charge in [0, 0.05) is 18.8 Å². The smallest absolute Gasteiger partial charge is 0.124 e. The molecule has 3 nitrogen and oxygen atoms in total. The summed E-state index contributed by atoms with van der Waals surface area (Å²) in [6.45, 7) is 4.21. The van der Waals surface area contributed by atoms with Crippen molar-refractivity contribution in [1.82, 2.24) is 4.90 Å². The summed E-state index contributed by atoms with van der Waals surface area (Å²) in [5, 5.41) is 8.90. The van der Waals surface area contributed by atoms with Crippen molar-refractivity contribution in [2.75, 3.05) is 12.3 Å². The Morgan fingerprint density at radius 2 is 1.90 bits per heavy atom. The molecule has 0 aliphatic carbocycles. The van der Waals surface area contributed by atoms with Crippen LogP contribution in [0.4, 0.5) is 10.1 Å². The van der Waals surface area contributed by atoms with Gasteiger partial charge >= 0.3 is 0 Å². The first-order valence-electron chi connectivity index (χ1n) is 6.87. The molecule has 0 spiro atoms. The summed E-state index contributed by atoms with van der Waals surface area (Å²) in [6.07, 6.45) is 0. The van der Waals surface area contributed by atoms with E-state index in [0.29, 0.717) is 12.1 Å². The topological polar surface area (TPSA) is 53.0 Å². The maximum Gasteiger partial charge on any atom is 0.124 e. The van der Waals surface area contributed by atoms with Crippen molar-refractivity contribution in [3.8, 4) is 6.07 Å². The van der Waals surface area contributed by atoms with Crippen LogP contribution in [0, 0.1) is 17.1 Å². The minimum atomic E-state index is -0.371. The van der Waals surface area contributed by atoms with Crippen LogP contribution in [0.5, 0.6) is 0 Å². The average Bonchev–Trinajstić information content (AvgIpc) is 2.46. The average molecular weight is 283 g/mol. The molecule has 2 rings (SSSR count). The third kappa shape index (κ3) is 4.30. The summed E-state index contributed by atoms with van der Waals surface area (Å²) in [7, 11) is 0. The highest BCUT2D eigenvalue weighted by atomic mass is 19.1. The van der Waals surface area contributed by atoms with E-state index in [1.165, 1.54) is 12.1 Å². The second-order valence-electron chi connectivity index (χ2n) is 5.01. The monoisotopic (exact) mass is 283 g/mol. The lowest BCUT2D eigenvalue weighted by Gasteiger charge is -2.21. The molecule has 0 aliphatic heterocycles. The molecule has 2 N–H and O–H groups in total. The number of nitriles is 1. The van der Waals surface area contributed by atoms with E-state index in [1.807, 2.05) is 30.3 Å². The normalized spacial score (nSPS) is 10.6. The highest BCUT2D eigenvalue weighted by Crippen LogP contribution is 2.14. The molecule has 2 aromatic carbocycles. The van der Waals surface area contributed by atoms with Gasteiger partial charge in [-0.15, -0.1) is 0 Å². The van der Waals surface area contributed by atoms with E-state index in [0.717, 1.165) is 29.9 Å². The number of benzene rings is 2. The van der Waals surface area contributed by atoms with E-state index in [4.69, 9.17) is 11.0 Å². The fourth-order valence-corrected chi connectivity index (χ4v) is 2.29. The molecule has 0 saturated carbocycles. The van der Waals surface area contributed by atoms with Gasteiger partial charge in [-0.2, -0.15) is 5.26 Å². The standard InChI is InChI=1S/C17H18FN3/c1-2-21(11-13-4-3-5-17(20)9-13)12-15-6-14(10-19)7-16(18)8-15/h3-9H,2,11-12,20H2,1H3. The molecule has 0 heterocycles. The third-order valence-electron chi connectivity index (χ3n) is 3.30. The van der Waals surface area contributed by atoms with Crippen LogP contribution in [0.15, 0.2) is 42.5 Å². The van der Waals surface area contributed by atoms with E-state index < -0.39 is 0 Å². The summed E-state index contributed by atoms with van der Waals surface area (Å²) in [5.41, 5.74) is 8.79. The van der Waals surface area contributed by atoms with Crippen molar-refractivity contribution >= 4 is 5.69 Å². The Bertz CT molecular complexity index is 661. The Labute approximate surface area is 124 Å². The number of hydrogen-bond acceptors (Lipinski definition) is 3. The van der Waals surface area contributed by atoms with E-state index in [9.17, 15) is 4.39 Å². The van der Waals surface area contributed by atoms with Crippen molar-refractivity contribution < 1.29 is 4.39 Å². The number of anilines is 1. The maximum atomic E-state index is 13.5. The first-order valence-corrected chi connectivity index (χ1v) is 6.87. The van der Waals surface area contributed by atoms with Crippen LogP contribution in [0.25, 0.3) is 0 Å². The zero-order valence-electron chi connectivity index (χ0n) is 12.0. The lowest BCUT2D eigenvalue weighted by atomic mass is 10.1.